The van der Waals surface area contributed by atoms with Crippen molar-refractivity contribution in [2.45, 2.75) is 0 Å². The minimum atomic E-state index is -1.30. The number of aromatic nitrogens is 4. The predicted molar refractivity (Wildman–Crippen MR) is 57.7 cm³/mol. The van der Waals surface area contributed by atoms with Gasteiger partial charge in [0.15, 0.2) is 11.6 Å². The molecule has 9 heteroatoms. The van der Waals surface area contributed by atoms with Crippen LogP contribution in [0.3, 0.4) is 0 Å². The minimum Gasteiger partial charge on any atom is -0.358 e. The van der Waals surface area contributed by atoms with Crippen molar-refractivity contribution >= 4 is 11.3 Å². The van der Waals surface area contributed by atoms with Crippen LogP contribution in [0.15, 0.2) is 18.3 Å². The highest BCUT2D eigenvalue weighted by Gasteiger charge is 2.10. The number of nitriles is 1. The number of nitrogens with zero attached hydrogens (tertiary/aromatic N) is 4. The number of aromatic amines is 1. The van der Waals surface area contributed by atoms with Crippen molar-refractivity contribution in [1.82, 2.24) is 20.6 Å². The zero-order chi connectivity index (χ0) is 13.8. The fraction of sp³-hybridized carbons (Fsp3) is 0. The molecule has 0 aliphatic heterocycles. The van der Waals surface area contributed by atoms with E-state index in [1.807, 2.05) is 0 Å². The van der Waals surface area contributed by atoms with Crippen LogP contribution < -0.4 is 5.32 Å². The molecule has 2 rings (SSSR count). The topological polar surface area (TPSA) is 90.3 Å². The Kier molecular flexibility index (Phi) is 3.42. The molecule has 0 amide bonds. The van der Waals surface area contributed by atoms with Crippen molar-refractivity contribution in [1.29, 1.82) is 5.26 Å². The summed E-state index contributed by atoms with van der Waals surface area (Å²) in [7, 11) is 0. The first-order chi connectivity index (χ1) is 9.11. The molecule has 2 aromatic rings. The molecule has 0 atom stereocenters. The summed E-state index contributed by atoms with van der Waals surface area (Å²) >= 11 is 0. The molecule has 6 nitrogen and oxygen atoms in total. The van der Waals surface area contributed by atoms with E-state index in [-0.39, 0.29) is 17.1 Å². The van der Waals surface area contributed by atoms with E-state index >= 15 is 0 Å². The Hall–Kier alpha value is -2.89. The second kappa shape index (κ2) is 5.18. The minimum absolute atomic E-state index is 0.0157. The van der Waals surface area contributed by atoms with Crippen molar-refractivity contribution in [2.75, 3.05) is 5.32 Å². The molecular formula is C10H5F3N6. The fourth-order valence-corrected chi connectivity index (χ4v) is 1.21. The molecular weight excluding hydrogens is 261 g/mol. The van der Waals surface area contributed by atoms with Gasteiger partial charge in [0.25, 0.3) is 0 Å². The number of halogens is 3. The largest absolute Gasteiger partial charge is 0.358 e. The van der Waals surface area contributed by atoms with E-state index in [9.17, 15) is 13.2 Å². The van der Waals surface area contributed by atoms with E-state index in [4.69, 9.17) is 5.26 Å². The Morgan fingerprint density at radius 1 is 1.26 bits per heavy atom. The zero-order valence-electron chi connectivity index (χ0n) is 9.15. The van der Waals surface area contributed by atoms with Crippen molar-refractivity contribution < 1.29 is 13.2 Å². The van der Waals surface area contributed by atoms with Crippen LogP contribution in [0.5, 0.6) is 0 Å². The Bertz CT molecular complexity index is 659. The third-order valence-corrected chi connectivity index (χ3v) is 2.09. The lowest BCUT2D eigenvalue weighted by Crippen LogP contribution is -1.98. The average molecular weight is 266 g/mol. The van der Waals surface area contributed by atoms with Gasteiger partial charge in [0.05, 0.1) is 5.69 Å². The van der Waals surface area contributed by atoms with Gasteiger partial charge >= 0.3 is 0 Å². The average Bonchev–Trinajstić information content (AvgIpc) is 2.90. The maximum absolute atomic E-state index is 13.3. The lowest BCUT2D eigenvalue weighted by atomic mass is 10.2. The second-order valence-electron chi connectivity index (χ2n) is 3.30. The fourth-order valence-electron chi connectivity index (χ4n) is 1.21. The molecule has 19 heavy (non-hydrogen) atoms. The van der Waals surface area contributed by atoms with E-state index < -0.39 is 17.5 Å². The summed E-state index contributed by atoms with van der Waals surface area (Å²) in [5.74, 6) is -3.53. The van der Waals surface area contributed by atoms with Gasteiger partial charge in [-0.05, 0) is 5.21 Å². The number of hydrogen-bond donors (Lipinski definition) is 2. The molecule has 0 unspecified atom stereocenters. The van der Waals surface area contributed by atoms with Gasteiger partial charge in [-0.15, -0.1) is 10.2 Å². The third-order valence-electron chi connectivity index (χ3n) is 2.09. The first-order valence-corrected chi connectivity index (χ1v) is 4.87. The standard InChI is InChI=1S/C10H5F3N6/c11-6-1-8(13)9(2-7(6)12)15-4-5(3-14)10-16-18-19-17-10/h1-2,4,15H,(H,16,17,18,19). The lowest BCUT2D eigenvalue weighted by molar-refractivity contribution is 0.496. The molecule has 1 aromatic heterocycles. The molecule has 0 aliphatic rings. The molecule has 96 valence electrons. The second-order valence-corrected chi connectivity index (χ2v) is 3.30. The van der Waals surface area contributed by atoms with Gasteiger partial charge in [0, 0.05) is 18.3 Å². The monoisotopic (exact) mass is 266 g/mol. The zero-order valence-corrected chi connectivity index (χ0v) is 9.15. The first-order valence-electron chi connectivity index (χ1n) is 4.87. The molecule has 0 saturated heterocycles. The molecule has 2 N–H and O–H groups in total. The predicted octanol–water partition coefficient (Wildman–Crippen LogP) is 1.59. The highest BCUT2D eigenvalue weighted by atomic mass is 19.2. The summed E-state index contributed by atoms with van der Waals surface area (Å²) < 4.78 is 38.9. The Balaban J connectivity index is 2.27. The van der Waals surface area contributed by atoms with Gasteiger partial charge < -0.3 is 5.32 Å². The molecule has 0 bridgehead atoms. The number of benzene rings is 1. The van der Waals surface area contributed by atoms with E-state index in [0.29, 0.717) is 12.1 Å². The molecule has 1 heterocycles. The summed E-state index contributed by atoms with van der Waals surface area (Å²) in [6, 6.07) is 2.77. The van der Waals surface area contributed by atoms with E-state index in [1.54, 1.807) is 6.07 Å². The maximum Gasteiger partial charge on any atom is 0.216 e. The normalized spacial score (nSPS) is 11.2. The Labute approximate surface area is 104 Å². The number of allylic oxidation sites excluding steroid dienone is 1. The van der Waals surface area contributed by atoms with Crippen LogP contribution in [0.25, 0.3) is 5.57 Å². The van der Waals surface area contributed by atoms with E-state index in [0.717, 1.165) is 6.20 Å². The quantitative estimate of drug-likeness (QED) is 0.650. The number of anilines is 1. The SMILES string of the molecule is N#CC(=CNc1cc(F)c(F)cc1F)c1nn[nH]n1. The number of tetrazole rings is 1. The van der Waals surface area contributed by atoms with Crippen molar-refractivity contribution in [3.8, 4) is 6.07 Å². The molecule has 0 radical (unpaired) electrons. The number of nitrogens with one attached hydrogen (secondary N) is 2. The van der Waals surface area contributed by atoms with Crippen molar-refractivity contribution in [3.63, 3.8) is 0 Å². The highest BCUT2D eigenvalue weighted by Crippen LogP contribution is 2.19. The van der Waals surface area contributed by atoms with Crippen LogP contribution in [-0.4, -0.2) is 20.6 Å². The highest BCUT2D eigenvalue weighted by molar-refractivity contribution is 5.74. The Morgan fingerprint density at radius 3 is 2.63 bits per heavy atom. The summed E-state index contributed by atoms with van der Waals surface area (Å²) in [6.07, 6.45) is 1.06. The number of rotatable bonds is 3. The van der Waals surface area contributed by atoms with Crippen LogP contribution in [0.1, 0.15) is 5.82 Å². The molecule has 1 aromatic carbocycles. The number of hydrogen-bond acceptors (Lipinski definition) is 5. The van der Waals surface area contributed by atoms with Crippen LogP contribution in [-0.2, 0) is 0 Å². The van der Waals surface area contributed by atoms with Gasteiger partial charge in [-0.25, -0.2) is 13.2 Å². The van der Waals surface area contributed by atoms with Crippen LogP contribution in [0.2, 0.25) is 0 Å². The van der Waals surface area contributed by atoms with Gasteiger partial charge in [0.1, 0.15) is 17.5 Å². The molecule has 0 spiro atoms. The van der Waals surface area contributed by atoms with Crippen molar-refractivity contribution in [2.24, 2.45) is 0 Å². The van der Waals surface area contributed by atoms with Crippen LogP contribution in [0.4, 0.5) is 18.9 Å². The van der Waals surface area contributed by atoms with Crippen LogP contribution in [0, 0.1) is 28.8 Å². The maximum atomic E-state index is 13.3. The third kappa shape index (κ3) is 2.68. The van der Waals surface area contributed by atoms with Crippen LogP contribution >= 0.6 is 0 Å². The molecule has 0 aliphatic carbocycles. The van der Waals surface area contributed by atoms with E-state index in [1.165, 1.54) is 0 Å². The van der Waals surface area contributed by atoms with Gasteiger partial charge in [-0.3, -0.25) is 0 Å². The number of H-pyrrole nitrogens is 1. The van der Waals surface area contributed by atoms with Gasteiger partial charge in [0.2, 0.25) is 5.82 Å². The van der Waals surface area contributed by atoms with Crippen molar-refractivity contribution in [3.05, 3.63) is 41.6 Å². The first kappa shape index (κ1) is 12.6. The van der Waals surface area contributed by atoms with E-state index in [2.05, 4.69) is 25.9 Å². The molecule has 0 fully saturated rings. The lowest BCUT2D eigenvalue weighted by Gasteiger charge is -2.03. The summed E-state index contributed by atoms with van der Waals surface area (Å²) in [5, 5.41) is 23.7. The summed E-state index contributed by atoms with van der Waals surface area (Å²) in [6.45, 7) is 0. The summed E-state index contributed by atoms with van der Waals surface area (Å²) in [4.78, 5) is 0. The van der Waals surface area contributed by atoms with Gasteiger partial charge in [-0.1, -0.05) is 0 Å². The Morgan fingerprint density at radius 2 is 2.00 bits per heavy atom. The summed E-state index contributed by atoms with van der Waals surface area (Å²) in [5.41, 5.74) is -0.381. The molecule has 0 saturated carbocycles. The smallest absolute Gasteiger partial charge is 0.216 e. The van der Waals surface area contributed by atoms with Gasteiger partial charge in [-0.2, -0.15) is 10.5 Å².